The highest BCUT2D eigenvalue weighted by molar-refractivity contribution is 5.88. The summed E-state index contributed by atoms with van der Waals surface area (Å²) in [5.41, 5.74) is 1.21. The largest absolute Gasteiger partial charge is 0.478 e. The fourth-order valence-electron chi connectivity index (χ4n) is 1.18. The van der Waals surface area contributed by atoms with Gasteiger partial charge in [0.2, 0.25) is 0 Å². The van der Waals surface area contributed by atoms with Gasteiger partial charge >= 0.3 is 5.97 Å². The molecule has 0 radical (unpaired) electrons. The Morgan fingerprint density at radius 1 is 1.67 bits per heavy atom. The lowest BCUT2D eigenvalue weighted by atomic mass is 10.1. The summed E-state index contributed by atoms with van der Waals surface area (Å²) >= 11 is 0. The van der Waals surface area contributed by atoms with E-state index in [9.17, 15) is 4.79 Å². The molecule has 1 heterocycles. The minimum absolute atomic E-state index is 0.392. The van der Waals surface area contributed by atoms with Crippen LogP contribution in [0.1, 0.15) is 29.9 Å². The van der Waals surface area contributed by atoms with Gasteiger partial charge in [-0.2, -0.15) is 0 Å². The SMILES string of the molecule is CC(C)Cc1[nH]ccc1C(=O)O. The van der Waals surface area contributed by atoms with Gasteiger partial charge in [-0.15, -0.1) is 0 Å². The maximum absolute atomic E-state index is 10.6. The number of carboxylic acid groups (broad SMARTS) is 1. The second-order valence-corrected chi connectivity index (χ2v) is 3.27. The van der Waals surface area contributed by atoms with Crippen molar-refractivity contribution in [3.63, 3.8) is 0 Å². The molecular weight excluding hydrogens is 154 g/mol. The lowest BCUT2D eigenvalue weighted by Crippen LogP contribution is -2.03. The molecule has 0 unspecified atom stereocenters. The molecule has 0 spiro atoms. The second-order valence-electron chi connectivity index (χ2n) is 3.27. The first-order valence-electron chi connectivity index (χ1n) is 4.00. The van der Waals surface area contributed by atoms with Crippen LogP contribution < -0.4 is 0 Å². The Morgan fingerprint density at radius 3 is 2.83 bits per heavy atom. The summed E-state index contributed by atoms with van der Waals surface area (Å²) in [5, 5.41) is 8.75. The van der Waals surface area contributed by atoms with Crippen LogP contribution in [0.15, 0.2) is 12.3 Å². The van der Waals surface area contributed by atoms with Gasteiger partial charge in [-0.05, 0) is 18.4 Å². The van der Waals surface area contributed by atoms with Crippen LogP contribution >= 0.6 is 0 Å². The topological polar surface area (TPSA) is 53.1 Å². The van der Waals surface area contributed by atoms with Crippen LogP contribution in [0, 0.1) is 5.92 Å². The number of hydrogen-bond acceptors (Lipinski definition) is 1. The number of aromatic carboxylic acids is 1. The minimum Gasteiger partial charge on any atom is -0.478 e. The number of carboxylic acids is 1. The lowest BCUT2D eigenvalue weighted by molar-refractivity contribution is 0.0696. The van der Waals surface area contributed by atoms with Crippen molar-refractivity contribution in [2.75, 3.05) is 0 Å². The zero-order valence-electron chi connectivity index (χ0n) is 7.29. The molecule has 0 atom stereocenters. The molecule has 0 fully saturated rings. The number of carbonyl (C=O) groups is 1. The fraction of sp³-hybridized carbons (Fsp3) is 0.444. The number of rotatable bonds is 3. The van der Waals surface area contributed by atoms with E-state index >= 15 is 0 Å². The highest BCUT2D eigenvalue weighted by atomic mass is 16.4. The van der Waals surface area contributed by atoms with Crippen LogP contribution in [0.2, 0.25) is 0 Å². The predicted molar refractivity (Wildman–Crippen MR) is 46.3 cm³/mol. The molecule has 0 aliphatic carbocycles. The average molecular weight is 167 g/mol. The second kappa shape index (κ2) is 3.43. The van der Waals surface area contributed by atoms with Gasteiger partial charge < -0.3 is 10.1 Å². The molecule has 2 N–H and O–H groups in total. The predicted octanol–water partition coefficient (Wildman–Crippen LogP) is 1.91. The molecule has 3 heteroatoms. The third-order valence-electron chi connectivity index (χ3n) is 1.68. The van der Waals surface area contributed by atoms with Gasteiger partial charge in [-0.25, -0.2) is 4.79 Å². The molecular formula is C9H13NO2. The summed E-state index contributed by atoms with van der Waals surface area (Å²) in [6, 6.07) is 1.60. The van der Waals surface area contributed by atoms with Crippen LogP contribution in [0.3, 0.4) is 0 Å². The fourth-order valence-corrected chi connectivity index (χ4v) is 1.18. The van der Waals surface area contributed by atoms with Gasteiger partial charge in [0, 0.05) is 11.9 Å². The summed E-state index contributed by atoms with van der Waals surface area (Å²) in [5.74, 6) is -0.381. The van der Waals surface area contributed by atoms with Crippen LogP contribution in [0.4, 0.5) is 0 Å². The third-order valence-corrected chi connectivity index (χ3v) is 1.68. The van der Waals surface area contributed by atoms with Crippen molar-refractivity contribution >= 4 is 5.97 Å². The molecule has 0 aliphatic rings. The van der Waals surface area contributed by atoms with Crippen molar-refractivity contribution in [2.45, 2.75) is 20.3 Å². The molecule has 0 aliphatic heterocycles. The molecule has 1 rings (SSSR count). The van der Waals surface area contributed by atoms with Crippen LogP contribution in [0.5, 0.6) is 0 Å². The number of hydrogen-bond donors (Lipinski definition) is 2. The zero-order valence-corrected chi connectivity index (χ0v) is 7.29. The number of nitrogens with one attached hydrogen (secondary N) is 1. The van der Waals surface area contributed by atoms with Crippen molar-refractivity contribution in [1.82, 2.24) is 4.98 Å². The molecule has 1 aromatic rings. The van der Waals surface area contributed by atoms with E-state index in [4.69, 9.17) is 5.11 Å². The standard InChI is InChI=1S/C9H13NO2/c1-6(2)5-8-7(9(11)12)3-4-10-8/h3-4,6,10H,5H2,1-2H3,(H,11,12). The highest BCUT2D eigenvalue weighted by Crippen LogP contribution is 2.11. The molecule has 0 saturated carbocycles. The Kier molecular flexibility index (Phi) is 2.53. The quantitative estimate of drug-likeness (QED) is 0.722. The molecule has 0 aromatic carbocycles. The maximum Gasteiger partial charge on any atom is 0.337 e. The number of H-pyrrole nitrogens is 1. The van der Waals surface area contributed by atoms with Crippen molar-refractivity contribution in [3.8, 4) is 0 Å². The van der Waals surface area contributed by atoms with Gasteiger partial charge in [-0.3, -0.25) is 0 Å². The third kappa shape index (κ3) is 1.87. The summed E-state index contributed by atoms with van der Waals surface area (Å²) < 4.78 is 0. The van der Waals surface area contributed by atoms with E-state index in [-0.39, 0.29) is 0 Å². The molecule has 0 saturated heterocycles. The van der Waals surface area contributed by atoms with E-state index < -0.39 is 5.97 Å². The number of aromatic nitrogens is 1. The van der Waals surface area contributed by atoms with Gasteiger partial charge in [0.15, 0.2) is 0 Å². The monoisotopic (exact) mass is 167 g/mol. The molecule has 1 aromatic heterocycles. The van der Waals surface area contributed by atoms with Crippen molar-refractivity contribution in [2.24, 2.45) is 5.92 Å². The normalized spacial score (nSPS) is 10.6. The Morgan fingerprint density at radius 2 is 2.33 bits per heavy atom. The Bertz CT molecular complexity index is 276. The summed E-state index contributed by atoms with van der Waals surface area (Å²) in [4.78, 5) is 13.6. The average Bonchev–Trinajstić information content (AvgIpc) is 2.33. The first-order valence-corrected chi connectivity index (χ1v) is 4.00. The van der Waals surface area contributed by atoms with E-state index in [2.05, 4.69) is 18.8 Å². The highest BCUT2D eigenvalue weighted by Gasteiger charge is 2.11. The summed E-state index contributed by atoms with van der Waals surface area (Å²) in [6.45, 7) is 4.12. The molecule has 0 amide bonds. The molecule has 3 nitrogen and oxygen atoms in total. The summed E-state index contributed by atoms with van der Waals surface area (Å²) in [7, 11) is 0. The van der Waals surface area contributed by atoms with Crippen LogP contribution in [0.25, 0.3) is 0 Å². The van der Waals surface area contributed by atoms with Gasteiger partial charge in [0.1, 0.15) is 0 Å². The van der Waals surface area contributed by atoms with Crippen molar-refractivity contribution in [3.05, 3.63) is 23.5 Å². The Labute approximate surface area is 71.4 Å². The van der Waals surface area contributed by atoms with Crippen LogP contribution in [-0.2, 0) is 6.42 Å². The van der Waals surface area contributed by atoms with Crippen molar-refractivity contribution in [1.29, 1.82) is 0 Å². The summed E-state index contributed by atoms with van der Waals surface area (Å²) in [6.07, 6.45) is 2.45. The van der Waals surface area contributed by atoms with E-state index in [0.717, 1.165) is 12.1 Å². The van der Waals surface area contributed by atoms with E-state index in [1.54, 1.807) is 12.3 Å². The van der Waals surface area contributed by atoms with E-state index in [0.29, 0.717) is 11.5 Å². The smallest absolute Gasteiger partial charge is 0.337 e. The Hall–Kier alpha value is -1.25. The molecule has 12 heavy (non-hydrogen) atoms. The first kappa shape index (κ1) is 8.84. The minimum atomic E-state index is -0.855. The zero-order chi connectivity index (χ0) is 9.14. The first-order chi connectivity index (χ1) is 5.61. The number of aromatic amines is 1. The van der Waals surface area contributed by atoms with Gasteiger partial charge in [0.05, 0.1) is 5.56 Å². The Balaban J connectivity index is 2.84. The molecule has 66 valence electrons. The van der Waals surface area contributed by atoms with E-state index in [1.165, 1.54) is 0 Å². The van der Waals surface area contributed by atoms with Gasteiger partial charge in [0.25, 0.3) is 0 Å². The van der Waals surface area contributed by atoms with Crippen LogP contribution in [-0.4, -0.2) is 16.1 Å². The molecule has 0 bridgehead atoms. The maximum atomic E-state index is 10.6. The van der Waals surface area contributed by atoms with E-state index in [1.807, 2.05) is 0 Å². The van der Waals surface area contributed by atoms with Gasteiger partial charge in [-0.1, -0.05) is 13.8 Å². The van der Waals surface area contributed by atoms with Crippen molar-refractivity contribution < 1.29 is 9.90 Å². The lowest BCUT2D eigenvalue weighted by Gasteiger charge is -2.03.